The van der Waals surface area contributed by atoms with E-state index in [0.717, 1.165) is 31.8 Å². The van der Waals surface area contributed by atoms with Crippen molar-refractivity contribution in [1.29, 1.82) is 0 Å². The average Bonchev–Trinajstić information content (AvgIpc) is 2.89. The number of rotatable bonds is 7. The molecule has 4 nitrogen and oxygen atoms in total. The summed E-state index contributed by atoms with van der Waals surface area (Å²) in [6.07, 6.45) is 3.61. The van der Waals surface area contributed by atoms with Crippen molar-refractivity contribution < 1.29 is 0 Å². The molecule has 1 aromatic heterocycles. The Kier molecular flexibility index (Phi) is 5.51. The van der Waals surface area contributed by atoms with Crippen LogP contribution in [0.25, 0.3) is 0 Å². The number of benzene rings is 1. The van der Waals surface area contributed by atoms with E-state index in [1.165, 1.54) is 16.7 Å². The van der Waals surface area contributed by atoms with Gasteiger partial charge in [0.2, 0.25) is 0 Å². The number of hydrogen-bond acceptors (Lipinski definition) is 3. The van der Waals surface area contributed by atoms with E-state index in [2.05, 4.69) is 61.3 Å². The molecule has 0 fully saturated rings. The monoisotopic (exact) mass is 286 g/mol. The van der Waals surface area contributed by atoms with E-state index >= 15 is 0 Å². The molecule has 2 aromatic rings. The minimum atomic E-state index is 0.287. The lowest BCUT2D eigenvalue weighted by Crippen LogP contribution is -2.25. The normalized spacial score (nSPS) is 12.6. The molecule has 0 saturated heterocycles. The van der Waals surface area contributed by atoms with E-state index in [1.807, 2.05) is 4.68 Å². The van der Waals surface area contributed by atoms with Gasteiger partial charge in [-0.2, -0.15) is 5.10 Å². The summed E-state index contributed by atoms with van der Waals surface area (Å²) in [5.74, 6) is 1.06. The number of nitrogens with one attached hydrogen (secondary N) is 1. The quantitative estimate of drug-likeness (QED) is 0.850. The Hall–Kier alpha value is -1.68. The van der Waals surface area contributed by atoms with Gasteiger partial charge in [0.05, 0.1) is 0 Å². The molecular weight excluding hydrogens is 260 g/mol. The molecule has 0 saturated carbocycles. The molecule has 114 valence electrons. The fourth-order valence-electron chi connectivity index (χ4n) is 2.72. The van der Waals surface area contributed by atoms with Crippen LogP contribution in [0.5, 0.6) is 0 Å². The number of aryl methyl sites for hydroxylation is 2. The van der Waals surface area contributed by atoms with Crippen molar-refractivity contribution in [2.24, 2.45) is 0 Å². The fourth-order valence-corrected chi connectivity index (χ4v) is 2.72. The van der Waals surface area contributed by atoms with Crippen LogP contribution < -0.4 is 5.32 Å². The Balaban J connectivity index is 2.26. The molecule has 0 aliphatic heterocycles. The van der Waals surface area contributed by atoms with Crippen LogP contribution in [0.3, 0.4) is 0 Å². The van der Waals surface area contributed by atoms with Crippen LogP contribution in [0.1, 0.15) is 48.8 Å². The Labute approximate surface area is 127 Å². The summed E-state index contributed by atoms with van der Waals surface area (Å²) in [6.45, 7) is 10.6. The Morgan fingerprint density at radius 3 is 2.76 bits per heavy atom. The van der Waals surface area contributed by atoms with E-state index in [0.29, 0.717) is 0 Å². The fraction of sp³-hybridized carbons (Fsp3) is 0.529. The number of nitrogens with zero attached hydrogens (tertiary/aromatic N) is 3. The standard InChI is InChI=1S/C17H26N4/c1-5-10-21-17(19-12-20-21)11-16(18-6-2)15-9-7-8-13(3)14(15)4/h7-9,12,16,18H,5-6,10-11H2,1-4H3. The van der Waals surface area contributed by atoms with E-state index in [9.17, 15) is 0 Å². The predicted octanol–water partition coefficient (Wildman–Crippen LogP) is 3.20. The molecule has 4 heteroatoms. The Bertz CT molecular complexity index is 574. The van der Waals surface area contributed by atoms with Gasteiger partial charge in [-0.1, -0.05) is 32.0 Å². The van der Waals surface area contributed by atoms with Gasteiger partial charge in [0.25, 0.3) is 0 Å². The van der Waals surface area contributed by atoms with Crippen LogP contribution in [-0.4, -0.2) is 21.3 Å². The first kappa shape index (κ1) is 15.7. The van der Waals surface area contributed by atoms with Crippen molar-refractivity contribution in [2.45, 2.75) is 53.1 Å². The van der Waals surface area contributed by atoms with Crippen LogP contribution in [0.15, 0.2) is 24.5 Å². The van der Waals surface area contributed by atoms with Gasteiger partial charge in [-0.05, 0) is 43.5 Å². The zero-order valence-electron chi connectivity index (χ0n) is 13.6. The summed E-state index contributed by atoms with van der Waals surface area (Å²) in [7, 11) is 0. The zero-order chi connectivity index (χ0) is 15.2. The van der Waals surface area contributed by atoms with Gasteiger partial charge in [0, 0.05) is 19.0 Å². The molecule has 0 aliphatic rings. The van der Waals surface area contributed by atoms with Crippen LogP contribution in [-0.2, 0) is 13.0 Å². The van der Waals surface area contributed by atoms with Gasteiger partial charge in [0.1, 0.15) is 12.2 Å². The lowest BCUT2D eigenvalue weighted by Gasteiger charge is -2.21. The van der Waals surface area contributed by atoms with E-state index in [-0.39, 0.29) is 6.04 Å². The lowest BCUT2D eigenvalue weighted by molar-refractivity contribution is 0.497. The minimum Gasteiger partial charge on any atom is -0.310 e. The molecule has 1 N–H and O–H groups in total. The van der Waals surface area contributed by atoms with Gasteiger partial charge < -0.3 is 5.32 Å². The molecule has 0 aliphatic carbocycles. The molecule has 0 bridgehead atoms. The average molecular weight is 286 g/mol. The summed E-state index contributed by atoms with van der Waals surface area (Å²) in [5, 5.41) is 7.92. The second-order valence-electron chi connectivity index (χ2n) is 5.50. The first-order valence-electron chi connectivity index (χ1n) is 7.83. The Morgan fingerprint density at radius 2 is 2.05 bits per heavy atom. The maximum Gasteiger partial charge on any atom is 0.138 e. The Morgan fingerprint density at radius 1 is 1.24 bits per heavy atom. The second-order valence-corrected chi connectivity index (χ2v) is 5.50. The van der Waals surface area contributed by atoms with E-state index in [4.69, 9.17) is 0 Å². The summed E-state index contributed by atoms with van der Waals surface area (Å²) < 4.78 is 2.02. The van der Waals surface area contributed by atoms with Crippen LogP contribution in [0.4, 0.5) is 0 Å². The molecule has 0 spiro atoms. The van der Waals surface area contributed by atoms with Gasteiger partial charge in [-0.3, -0.25) is 4.68 Å². The van der Waals surface area contributed by atoms with Crippen molar-refractivity contribution in [2.75, 3.05) is 6.54 Å². The summed E-state index contributed by atoms with van der Waals surface area (Å²) in [5.41, 5.74) is 4.07. The van der Waals surface area contributed by atoms with Crippen molar-refractivity contribution in [3.63, 3.8) is 0 Å². The molecular formula is C17H26N4. The van der Waals surface area contributed by atoms with E-state index < -0.39 is 0 Å². The highest BCUT2D eigenvalue weighted by molar-refractivity contribution is 5.35. The van der Waals surface area contributed by atoms with Crippen LogP contribution in [0.2, 0.25) is 0 Å². The van der Waals surface area contributed by atoms with Gasteiger partial charge in [-0.15, -0.1) is 0 Å². The highest BCUT2D eigenvalue weighted by atomic mass is 15.3. The molecule has 2 rings (SSSR count). The smallest absolute Gasteiger partial charge is 0.138 e. The third-order valence-electron chi connectivity index (χ3n) is 3.99. The number of aromatic nitrogens is 3. The summed E-state index contributed by atoms with van der Waals surface area (Å²) >= 11 is 0. The third-order valence-corrected chi connectivity index (χ3v) is 3.99. The first-order valence-corrected chi connectivity index (χ1v) is 7.83. The van der Waals surface area contributed by atoms with Crippen molar-refractivity contribution in [3.05, 3.63) is 47.0 Å². The molecule has 0 radical (unpaired) electrons. The number of likely N-dealkylation sites (N-methyl/N-ethyl adjacent to an activating group) is 1. The maximum atomic E-state index is 4.45. The molecule has 1 heterocycles. The van der Waals surface area contributed by atoms with Crippen molar-refractivity contribution in [3.8, 4) is 0 Å². The molecule has 0 amide bonds. The van der Waals surface area contributed by atoms with Crippen LogP contribution in [0, 0.1) is 13.8 Å². The molecule has 1 aromatic carbocycles. The summed E-state index contributed by atoms with van der Waals surface area (Å²) in [4.78, 5) is 4.45. The van der Waals surface area contributed by atoms with E-state index in [1.54, 1.807) is 6.33 Å². The number of hydrogen-bond donors (Lipinski definition) is 1. The predicted molar refractivity (Wildman–Crippen MR) is 86.4 cm³/mol. The minimum absolute atomic E-state index is 0.287. The van der Waals surface area contributed by atoms with Gasteiger partial charge in [0.15, 0.2) is 0 Å². The summed E-state index contributed by atoms with van der Waals surface area (Å²) in [6, 6.07) is 6.81. The van der Waals surface area contributed by atoms with Crippen LogP contribution >= 0.6 is 0 Å². The highest BCUT2D eigenvalue weighted by Gasteiger charge is 2.17. The van der Waals surface area contributed by atoms with Crippen molar-refractivity contribution in [1.82, 2.24) is 20.1 Å². The zero-order valence-corrected chi connectivity index (χ0v) is 13.6. The molecule has 1 unspecified atom stereocenters. The topological polar surface area (TPSA) is 42.7 Å². The van der Waals surface area contributed by atoms with Crippen molar-refractivity contribution >= 4 is 0 Å². The first-order chi connectivity index (χ1) is 10.2. The third kappa shape index (κ3) is 3.70. The maximum absolute atomic E-state index is 4.45. The van der Waals surface area contributed by atoms with Gasteiger partial charge in [-0.25, -0.2) is 4.98 Å². The highest BCUT2D eigenvalue weighted by Crippen LogP contribution is 2.23. The molecule has 21 heavy (non-hydrogen) atoms. The SMILES string of the molecule is CCCn1ncnc1CC(NCC)c1cccc(C)c1C. The largest absolute Gasteiger partial charge is 0.310 e. The lowest BCUT2D eigenvalue weighted by atomic mass is 9.95. The second kappa shape index (κ2) is 7.36. The molecule has 1 atom stereocenters. The van der Waals surface area contributed by atoms with Gasteiger partial charge >= 0.3 is 0 Å².